The first kappa shape index (κ1) is 22.9. The standard InChI is InChI=1S/C23H30N4O3/c1-5-27(6-2)23(30)17-10-12-19(13-11-17)24-15-21(28)26-20-9-7-8-18(14-20)22(29)25-16(3)4/h7-14,16,24H,5-6,15H2,1-4H3,(H,25,29)(H,26,28). The molecule has 0 aliphatic carbocycles. The van der Waals surface area contributed by atoms with Crippen molar-refractivity contribution in [1.29, 1.82) is 0 Å². The van der Waals surface area contributed by atoms with E-state index in [1.165, 1.54) is 0 Å². The van der Waals surface area contributed by atoms with Crippen LogP contribution in [0.4, 0.5) is 11.4 Å². The minimum Gasteiger partial charge on any atom is -0.376 e. The molecule has 0 heterocycles. The Balaban J connectivity index is 1.90. The number of nitrogens with one attached hydrogen (secondary N) is 3. The minimum absolute atomic E-state index is 0.00863. The smallest absolute Gasteiger partial charge is 0.253 e. The summed E-state index contributed by atoms with van der Waals surface area (Å²) in [7, 11) is 0. The van der Waals surface area contributed by atoms with E-state index in [9.17, 15) is 14.4 Å². The fraction of sp³-hybridized carbons (Fsp3) is 0.348. The molecule has 0 fully saturated rings. The van der Waals surface area contributed by atoms with Crippen LogP contribution in [0.5, 0.6) is 0 Å². The van der Waals surface area contributed by atoms with E-state index in [0.717, 1.165) is 5.69 Å². The molecular formula is C23H30N4O3. The van der Waals surface area contributed by atoms with E-state index in [1.54, 1.807) is 53.4 Å². The molecule has 0 atom stereocenters. The lowest BCUT2D eigenvalue weighted by atomic mass is 10.1. The molecule has 0 spiro atoms. The third-order valence-corrected chi connectivity index (χ3v) is 4.46. The lowest BCUT2D eigenvalue weighted by Crippen LogP contribution is -2.30. The van der Waals surface area contributed by atoms with Gasteiger partial charge in [0.05, 0.1) is 6.54 Å². The van der Waals surface area contributed by atoms with Crippen molar-refractivity contribution in [1.82, 2.24) is 10.2 Å². The third kappa shape index (κ3) is 6.62. The van der Waals surface area contributed by atoms with Crippen LogP contribution in [-0.4, -0.2) is 48.3 Å². The molecule has 2 rings (SSSR count). The summed E-state index contributed by atoms with van der Waals surface area (Å²) < 4.78 is 0. The molecule has 0 aliphatic rings. The molecule has 7 nitrogen and oxygen atoms in total. The Morgan fingerprint density at radius 2 is 1.57 bits per heavy atom. The molecule has 0 saturated carbocycles. The van der Waals surface area contributed by atoms with Crippen molar-refractivity contribution in [2.45, 2.75) is 33.7 Å². The quantitative estimate of drug-likeness (QED) is 0.591. The molecule has 3 amide bonds. The number of benzene rings is 2. The highest BCUT2D eigenvalue weighted by molar-refractivity contribution is 5.98. The molecule has 30 heavy (non-hydrogen) atoms. The van der Waals surface area contributed by atoms with E-state index in [4.69, 9.17) is 0 Å². The Labute approximate surface area is 177 Å². The first-order valence-corrected chi connectivity index (χ1v) is 10.2. The number of carbonyl (C=O) groups is 3. The Kier molecular flexibility index (Phi) is 8.41. The molecule has 0 unspecified atom stereocenters. The van der Waals surface area contributed by atoms with E-state index in [2.05, 4.69) is 16.0 Å². The van der Waals surface area contributed by atoms with Crippen LogP contribution in [0, 0.1) is 0 Å². The van der Waals surface area contributed by atoms with Crippen molar-refractivity contribution in [3.05, 3.63) is 59.7 Å². The Bertz CT molecular complexity index is 874. The number of nitrogens with zero attached hydrogens (tertiary/aromatic N) is 1. The Morgan fingerprint density at radius 1 is 0.900 bits per heavy atom. The third-order valence-electron chi connectivity index (χ3n) is 4.46. The maximum absolute atomic E-state index is 12.3. The minimum atomic E-state index is -0.236. The molecule has 0 radical (unpaired) electrons. The number of hydrogen-bond acceptors (Lipinski definition) is 4. The molecule has 0 saturated heterocycles. The highest BCUT2D eigenvalue weighted by Gasteiger charge is 2.12. The van der Waals surface area contributed by atoms with Crippen LogP contribution in [0.2, 0.25) is 0 Å². The Hall–Kier alpha value is -3.35. The van der Waals surface area contributed by atoms with Crippen LogP contribution in [0.15, 0.2) is 48.5 Å². The summed E-state index contributed by atoms with van der Waals surface area (Å²) in [6.07, 6.45) is 0. The van der Waals surface area contributed by atoms with Gasteiger partial charge in [0.25, 0.3) is 11.8 Å². The summed E-state index contributed by atoms with van der Waals surface area (Å²) >= 11 is 0. The molecule has 160 valence electrons. The van der Waals surface area contributed by atoms with E-state index < -0.39 is 0 Å². The van der Waals surface area contributed by atoms with Crippen molar-refractivity contribution >= 4 is 29.1 Å². The predicted octanol–water partition coefficient (Wildman–Crippen LogP) is 3.36. The molecule has 2 aromatic carbocycles. The van der Waals surface area contributed by atoms with E-state index in [0.29, 0.717) is 29.9 Å². The summed E-state index contributed by atoms with van der Waals surface area (Å²) in [6.45, 7) is 9.06. The van der Waals surface area contributed by atoms with Gasteiger partial charge in [0.1, 0.15) is 0 Å². The number of rotatable bonds is 9. The van der Waals surface area contributed by atoms with Crippen molar-refractivity contribution in [2.24, 2.45) is 0 Å². The molecule has 0 aromatic heterocycles. The number of carbonyl (C=O) groups excluding carboxylic acids is 3. The van der Waals surface area contributed by atoms with Crippen LogP contribution in [0.1, 0.15) is 48.4 Å². The van der Waals surface area contributed by atoms with Crippen LogP contribution in [0.25, 0.3) is 0 Å². The van der Waals surface area contributed by atoms with Gasteiger partial charge in [-0.1, -0.05) is 6.07 Å². The van der Waals surface area contributed by atoms with Gasteiger partial charge in [-0.15, -0.1) is 0 Å². The average molecular weight is 411 g/mol. The molecule has 7 heteroatoms. The van der Waals surface area contributed by atoms with Crippen molar-refractivity contribution in [3.63, 3.8) is 0 Å². The zero-order chi connectivity index (χ0) is 22.1. The maximum Gasteiger partial charge on any atom is 0.253 e. The van der Waals surface area contributed by atoms with Gasteiger partial charge in [-0.2, -0.15) is 0 Å². The van der Waals surface area contributed by atoms with Crippen molar-refractivity contribution < 1.29 is 14.4 Å². The number of anilines is 2. The van der Waals surface area contributed by atoms with Gasteiger partial charge in [-0.25, -0.2) is 0 Å². The second kappa shape index (κ2) is 11.0. The van der Waals surface area contributed by atoms with Gasteiger partial charge in [-0.05, 0) is 70.2 Å². The van der Waals surface area contributed by atoms with Crippen molar-refractivity contribution in [3.8, 4) is 0 Å². The van der Waals surface area contributed by atoms with Crippen LogP contribution in [-0.2, 0) is 4.79 Å². The van der Waals surface area contributed by atoms with Gasteiger partial charge >= 0.3 is 0 Å². The SMILES string of the molecule is CCN(CC)C(=O)c1ccc(NCC(=O)Nc2cccc(C(=O)NC(C)C)c2)cc1. The summed E-state index contributed by atoms with van der Waals surface area (Å²) in [5.41, 5.74) is 2.40. The summed E-state index contributed by atoms with van der Waals surface area (Å²) in [6, 6.07) is 13.9. The van der Waals surface area contributed by atoms with E-state index in [1.807, 2.05) is 27.7 Å². The van der Waals surface area contributed by atoms with E-state index in [-0.39, 0.29) is 30.3 Å². The van der Waals surface area contributed by atoms with Crippen LogP contribution >= 0.6 is 0 Å². The molecule has 0 aliphatic heterocycles. The highest BCUT2D eigenvalue weighted by atomic mass is 16.2. The van der Waals surface area contributed by atoms with E-state index >= 15 is 0 Å². The lowest BCUT2D eigenvalue weighted by molar-refractivity contribution is -0.114. The van der Waals surface area contributed by atoms with Gasteiger partial charge < -0.3 is 20.9 Å². The van der Waals surface area contributed by atoms with Crippen LogP contribution < -0.4 is 16.0 Å². The summed E-state index contributed by atoms with van der Waals surface area (Å²) in [5, 5.41) is 8.64. The van der Waals surface area contributed by atoms with Gasteiger partial charge in [-0.3, -0.25) is 14.4 Å². The van der Waals surface area contributed by atoms with Gasteiger partial charge in [0.2, 0.25) is 5.91 Å². The van der Waals surface area contributed by atoms with Gasteiger partial charge in [0, 0.05) is 41.6 Å². The monoisotopic (exact) mass is 410 g/mol. The van der Waals surface area contributed by atoms with Crippen LogP contribution in [0.3, 0.4) is 0 Å². The summed E-state index contributed by atoms with van der Waals surface area (Å²) in [4.78, 5) is 38.4. The Morgan fingerprint density at radius 3 is 2.17 bits per heavy atom. The normalized spacial score (nSPS) is 10.4. The number of hydrogen-bond donors (Lipinski definition) is 3. The highest BCUT2D eigenvalue weighted by Crippen LogP contribution is 2.13. The molecular weight excluding hydrogens is 380 g/mol. The second-order valence-corrected chi connectivity index (χ2v) is 7.17. The van der Waals surface area contributed by atoms with Crippen molar-refractivity contribution in [2.75, 3.05) is 30.3 Å². The zero-order valence-corrected chi connectivity index (χ0v) is 18.0. The lowest BCUT2D eigenvalue weighted by Gasteiger charge is -2.18. The largest absolute Gasteiger partial charge is 0.376 e. The fourth-order valence-corrected chi connectivity index (χ4v) is 2.90. The molecule has 3 N–H and O–H groups in total. The first-order valence-electron chi connectivity index (χ1n) is 10.2. The predicted molar refractivity (Wildman–Crippen MR) is 120 cm³/mol. The fourth-order valence-electron chi connectivity index (χ4n) is 2.90. The van der Waals surface area contributed by atoms with Gasteiger partial charge in [0.15, 0.2) is 0 Å². The maximum atomic E-state index is 12.3. The summed E-state index contributed by atoms with van der Waals surface area (Å²) in [5.74, 6) is -0.427. The first-order chi connectivity index (χ1) is 14.3. The molecule has 2 aromatic rings. The average Bonchev–Trinajstić information content (AvgIpc) is 2.73. The number of amides is 3. The topological polar surface area (TPSA) is 90.5 Å². The second-order valence-electron chi connectivity index (χ2n) is 7.17. The molecule has 0 bridgehead atoms. The zero-order valence-electron chi connectivity index (χ0n) is 18.0.